The lowest BCUT2D eigenvalue weighted by molar-refractivity contribution is -0.167. The van der Waals surface area contributed by atoms with Crippen LogP contribution in [0, 0.1) is 5.92 Å². The molecular formula is C30H40N2O3. The van der Waals surface area contributed by atoms with Gasteiger partial charge in [-0.05, 0) is 62.7 Å². The van der Waals surface area contributed by atoms with Crippen molar-refractivity contribution in [2.75, 3.05) is 33.7 Å². The summed E-state index contributed by atoms with van der Waals surface area (Å²) >= 11 is 0. The van der Waals surface area contributed by atoms with E-state index in [0.29, 0.717) is 24.8 Å². The third kappa shape index (κ3) is 5.18. The minimum absolute atomic E-state index is 0.00369. The molecule has 3 aliphatic carbocycles. The number of hydrogen-bond acceptors (Lipinski definition) is 5. The van der Waals surface area contributed by atoms with E-state index in [1.165, 1.54) is 11.1 Å². The number of aliphatic hydroxyl groups excluding tert-OH is 1. The van der Waals surface area contributed by atoms with Crippen molar-refractivity contribution in [3.8, 4) is 0 Å². The van der Waals surface area contributed by atoms with Crippen LogP contribution in [0.1, 0.15) is 61.5 Å². The number of nitrogens with zero attached hydrogens (tertiary/aromatic N) is 2. The molecule has 2 aromatic rings. The Hall–Kier alpha value is -2.21. The fraction of sp³-hybridized carbons (Fsp3) is 0.567. The van der Waals surface area contributed by atoms with Gasteiger partial charge in [-0.1, -0.05) is 60.7 Å². The Morgan fingerprint density at radius 3 is 2.00 bits per heavy atom. The van der Waals surface area contributed by atoms with Gasteiger partial charge >= 0.3 is 5.97 Å². The van der Waals surface area contributed by atoms with E-state index in [4.69, 9.17) is 4.74 Å². The monoisotopic (exact) mass is 476 g/mol. The molecule has 0 unspecified atom stereocenters. The van der Waals surface area contributed by atoms with E-state index in [-0.39, 0.29) is 29.6 Å². The average molecular weight is 477 g/mol. The van der Waals surface area contributed by atoms with Crippen LogP contribution in [-0.4, -0.2) is 72.4 Å². The van der Waals surface area contributed by atoms with Crippen LogP contribution in [0.4, 0.5) is 0 Å². The largest absolute Gasteiger partial charge is 0.462 e. The summed E-state index contributed by atoms with van der Waals surface area (Å²) in [6.07, 6.45) is 4.82. The Bertz CT molecular complexity index is 922. The van der Waals surface area contributed by atoms with E-state index >= 15 is 0 Å². The number of likely N-dealkylation sites (tertiary alicyclic amines) is 1. The smallest absolute Gasteiger partial charge is 0.307 e. The second kappa shape index (κ2) is 10.4. The molecule has 0 aromatic heterocycles. The summed E-state index contributed by atoms with van der Waals surface area (Å²) in [7, 11) is 4.39. The molecule has 1 N–H and O–H groups in total. The zero-order chi connectivity index (χ0) is 24.4. The van der Waals surface area contributed by atoms with Gasteiger partial charge in [0.25, 0.3) is 0 Å². The van der Waals surface area contributed by atoms with Gasteiger partial charge in [0.1, 0.15) is 6.10 Å². The van der Waals surface area contributed by atoms with Crippen LogP contribution < -0.4 is 0 Å². The van der Waals surface area contributed by atoms with Gasteiger partial charge in [-0.15, -0.1) is 0 Å². The first-order valence-electron chi connectivity index (χ1n) is 13.3. The summed E-state index contributed by atoms with van der Waals surface area (Å²) in [5, 5.41) is 9.77. The molecule has 2 aromatic carbocycles. The van der Waals surface area contributed by atoms with E-state index in [1.807, 2.05) is 0 Å². The van der Waals surface area contributed by atoms with E-state index in [0.717, 1.165) is 45.2 Å². The minimum Gasteiger partial charge on any atom is -0.462 e. The molecule has 3 saturated carbocycles. The van der Waals surface area contributed by atoms with Crippen LogP contribution in [-0.2, 0) is 9.53 Å². The van der Waals surface area contributed by atoms with E-state index < -0.39 is 0 Å². The highest BCUT2D eigenvalue weighted by Gasteiger charge is 2.58. The lowest BCUT2D eigenvalue weighted by atomic mass is 9.52. The number of ether oxygens (including phenoxy) is 1. The summed E-state index contributed by atoms with van der Waals surface area (Å²) < 4.78 is 6.37. The molecule has 2 bridgehead atoms. The van der Waals surface area contributed by atoms with Crippen LogP contribution in [0.5, 0.6) is 0 Å². The SMILES string of the molecule is CN(C)C12C[C@H](OC(=O)CCN3CCC(O)CC3)C([C@H](c3ccccc3)C1)[C@H](c1ccccc1)C2. The molecule has 5 heteroatoms. The van der Waals surface area contributed by atoms with E-state index in [2.05, 4.69) is 84.6 Å². The first-order valence-corrected chi connectivity index (χ1v) is 13.3. The number of piperidine rings is 1. The Morgan fingerprint density at radius 2 is 1.49 bits per heavy atom. The molecule has 0 amide bonds. The summed E-state index contributed by atoms with van der Waals surface area (Å²) in [4.78, 5) is 17.8. The number of rotatable bonds is 7. The first kappa shape index (κ1) is 24.5. The summed E-state index contributed by atoms with van der Waals surface area (Å²) in [5.41, 5.74) is 2.72. The topological polar surface area (TPSA) is 53.0 Å². The lowest BCUT2D eigenvalue weighted by Gasteiger charge is -2.60. The standard InChI is InChI=1S/C30H40N2O3/c1-31(2)30-19-25(22-9-5-3-6-10-22)29(26(20-30)23-11-7-4-8-12-23)27(21-30)35-28(34)15-18-32-16-13-24(33)14-17-32/h3-12,24-27,29,33H,13-21H2,1-2H3/t25-,26-,27-,29?,30?/m0/s1. The van der Waals surface area contributed by atoms with Crippen LogP contribution >= 0.6 is 0 Å². The molecule has 1 saturated heterocycles. The number of esters is 1. The molecule has 5 nitrogen and oxygen atoms in total. The maximum Gasteiger partial charge on any atom is 0.307 e. The molecule has 6 rings (SSSR count). The van der Waals surface area contributed by atoms with Crippen LogP contribution in [0.3, 0.4) is 0 Å². The summed E-state index contributed by atoms with van der Waals surface area (Å²) in [6, 6.07) is 21.7. The number of carbonyl (C=O) groups is 1. The van der Waals surface area contributed by atoms with Crippen molar-refractivity contribution in [3.63, 3.8) is 0 Å². The number of benzene rings is 2. The molecule has 1 heterocycles. The highest BCUT2D eigenvalue weighted by molar-refractivity contribution is 5.70. The maximum absolute atomic E-state index is 13.1. The second-order valence-corrected chi connectivity index (χ2v) is 11.2. The van der Waals surface area contributed by atoms with Gasteiger partial charge in [0.15, 0.2) is 0 Å². The van der Waals surface area contributed by atoms with Gasteiger partial charge < -0.3 is 19.6 Å². The third-order valence-corrected chi connectivity index (χ3v) is 9.02. The van der Waals surface area contributed by atoms with Crippen molar-refractivity contribution in [1.82, 2.24) is 9.80 Å². The lowest BCUT2D eigenvalue weighted by Crippen LogP contribution is -2.61. The van der Waals surface area contributed by atoms with Gasteiger partial charge in [0.2, 0.25) is 0 Å². The van der Waals surface area contributed by atoms with Crippen LogP contribution in [0.2, 0.25) is 0 Å². The first-order chi connectivity index (χ1) is 16.9. The zero-order valence-corrected chi connectivity index (χ0v) is 21.2. The van der Waals surface area contributed by atoms with E-state index in [9.17, 15) is 9.90 Å². The van der Waals surface area contributed by atoms with Crippen molar-refractivity contribution < 1.29 is 14.6 Å². The Kier molecular flexibility index (Phi) is 7.29. The van der Waals surface area contributed by atoms with Gasteiger partial charge in [-0.3, -0.25) is 4.79 Å². The van der Waals surface area contributed by atoms with Gasteiger partial charge in [-0.25, -0.2) is 0 Å². The predicted octanol–water partition coefficient (Wildman–Crippen LogP) is 4.43. The summed E-state index contributed by atoms with van der Waals surface area (Å²) in [6.45, 7) is 2.43. The van der Waals surface area contributed by atoms with E-state index in [1.54, 1.807) is 0 Å². The summed E-state index contributed by atoms with van der Waals surface area (Å²) in [5.74, 6) is 0.900. The fourth-order valence-corrected chi connectivity index (χ4v) is 7.02. The zero-order valence-electron chi connectivity index (χ0n) is 21.2. The van der Waals surface area contributed by atoms with Crippen molar-refractivity contribution in [3.05, 3.63) is 71.8 Å². The molecule has 4 aliphatic rings. The molecule has 1 aliphatic heterocycles. The highest BCUT2D eigenvalue weighted by atomic mass is 16.5. The number of hydrogen-bond donors (Lipinski definition) is 1. The maximum atomic E-state index is 13.1. The Morgan fingerprint density at radius 1 is 0.943 bits per heavy atom. The third-order valence-electron chi connectivity index (χ3n) is 9.02. The number of carbonyl (C=O) groups excluding carboxylic acids is 1. The molecule has 3 atom stereocenters. The Balaban J connectivity index is 1.39. The van der Waals surface area contributed by atoms with Gasteiger partial charge in [0, 0.05) is 37.5 Å². The van der Waals surface area contributed by atoms with Crippen molar-refractivity contribution in [2.45, 2.75) is 68.1 Å². The van der Waals surface area contributed by atoms with Crippen molar-refractivity contribution >= 4 is 5.97 Å². The molecule has 4 fully saturated rings. The predicted molar refractivity (Wildman–Crippen MR) is 138 cm³/mol. The van der Waals surface area contributed by atoms with Crippen molar-refractivity contribution in [1.29, 1.82) is 0 Å². The van der Waals surface area contributed by atoms with Crippen molar-refractivity contribution in [2.24, 2.45) is 5.92 Å². The average Bonchev–Trinajstić information content (AvgIpc) is 2.89. The number of aliphatic hydroxyl groups is 1. The normalized spacial score (nSPS) is 31.5. The van der Waals surface area contributed by atoms with Crippen LogP contribution in [0.25, 0.3) is 0 Å². The minimum atomic E-state index is -0.192. The highest BCUT2D eigenvalue weighted by Crippen LogP contribution is 2.60. The molecular weight excluding hydrogens is 436 g/mol. The van der Waals surface area contributed by atoms with Crippen LogP contribution in [0.15, 0.2) is 60.7 Å². The van der Waals surface area contributed by atoms with Gasteiger partial charge in [0.05, 0.1) is 12.5 Å². The number of fused-ring (bicyclic) bond motifs is 3. The molecule has 188 valence electrons. The molecule has 0 radical (unpaired) electrons. The Labute approximate surface area is 210 Å². The quantitative estimate of drug-likeness (QED) is 0.600. The molecule has 0 spiro atoms. The second-order valence-electron chi connectivity index (χ2n) is 11.2. The van der Waals surface area contributed by atoms with Gasteiger partial charge in [-0.2, -0.15) is 0 Å². The molecule has 35 heavy (non-hydrogen) atoms. The fourth-order valence-electron chi connectivity index (χ4n) is 7.02.